The molecule has 0 spiro atoms. The molecule has 110 valence electrons. The van der Waals surface area contributed by atoms with Crippen molar-refractivity contribution in [1.82, 2.24) is 10.3 Å². The van der Waals surface area contributed by atoms with Crippen LogP contribution in [0.1, 0.15) is 27.3 Å². The normalized spacial score (nSPS) is 12.4. The van der Waals surface area contributed by atoms with Crippen LogP contribution in [0, 0.1) is 6.92 Å². The maximum absolute atomic E-state index is 12.1. The Labute approximate surface area is 126 Å². The van der Waals surface area contributed by atoms with E-state index in [4.69, 9.17) is 9.47 Å². The smallest absolute Gasteiger partial charge is 0.251 e. The molecule has 1 amide bonds. The van der Waals surface area contributed by atoms with Gasteiger partial charge in [-0.15, -0.1) is 11.3 Å². The molecular weight excluding hydrogens is 288 g/mol. The molecule has 2 heterocycles. The summed E-state index contributed by atoms with van der Waals surface area (Å²) in [7, 11) is 0. The molecule has 0 fully saturated rings. The Kier molecular flexibility index (Phi) is 4.06. The number of benzene rings is 1. The van der Waals surface area contributed by atoms with E-state index in [1.165, 1.54) is 4.88 Å². The molecule has 5 nitrogen and oxygen atoms in total. The fourth-order valence-electron chi connectivity index (χ4n) is 2.16. The molecule has 3 rings (SSSR count). The van der Waals surface area contributed by atoms with E-state index in [-0.39, 0.29) is 12.7 Å². The molecule has 0 radical (unpaired) electrons. The average molecular weight is 304 g/mol. The van der Waals surface area contributed by atoms with Crippen LogP contribution in [0.2, 0.25) is 0 Å². The lowest BCUT2D eigenvalue weighted by Crippen LogP contribution is -2.24. The molecule has 21 heavy (non-hydrogen) atoms. The van der Waals surface area contributed by atoms with Crippen molar-refractivity contribution in [1.29, 1.82) is 0 Å². The van der Waals surface area contributed by atoms with Crippen LogP contribution >= 0.6 is 11.3 Å². The summed E-state index contributed by atoms with van der Waals surface area (Å²) in [6.07, 6.45) is 1.84. The number of nitrogens with one attached hydrogen (secondary N) is 1. The number of hydrogen-bond donors (Lipinski definition) is 1. The number of amides is 1. The number of aryl methyl sites for hydroxylation is 2. The maximum Gasteiger partial charge on any atom is 0.251 e. The third kappa shape index (κ3) is 3.16. The van der Waals surface area contributed by atoms with Crippen molar-refractivity contribution in [3.63, 3.8) is 0 Å². The van der Waals surface area contributed by atoms with Crippen LogP contribution in [-0.2, 0) is 6.42 Å². The van der Waals surface area contributed by atoms with Gasteiger partial charge in [0.05, 0.1) is 11.2 Å². The van der Waals surface area contributed by atoms with Gasteiger partial charge < -0.3 is 14.8 Å². The monoisotopic (exact) mass is 304 g/mol. The van der Waals surface area contributed by atoms with E-state index in [1.807, 2.05) is 12.4 Å². The van der Waals surface area contributed by atoms with Gasteiger partial charge in [-0.3, -0.25) is 4.79 Å². The number of aromatic nitrogens is 1. The Morgan fingerprint density at radius 2 is 2.24 bits per heavy atom. The fourth-order valence-corrected chi connectivity index (χ4v) is 2.98. The van der Waals surface area contributed by atoms with E-state index < -0.39 is 0 Å². The fraction of sp³-hybridized carbons (Fsp3) is 0.333. The summed E-state index contributed by atoms with van der Waals surface area (Å²) in [6.45, 7) is 2.87. The molecular formula is C15H16N2O3S. The van der Waals surface area contributed by atoms with Gasteiger partial charge in [0.25, 0.3) is 5.91 Å². The number of fused-ring (bicyclic) bond motifs is 1. The molecule has 0 unspecified atom stereocenters. The molecule has 6 heteroatoms. The quantitative estimate of drug-likeness (QED) is 0.862. The second-order valence-corrected chi connectivity index (χ2v) is 5.73. The topological polar surface area (TPSA) is 60.5 Å². The van der Waals surface area contributed by atoms with Crippen LogP contribution in [0.3, 0.4) is 0 Å². The minimum atomic E-state index is -0.0886. The van der Waals surface area contributed by atoms with Gasteiger partial charge in [-0.2, -0.15) is 0 Å². The zero-order valence-electron chi connectivity index (χ0n) is 11.7. The van der Waals surface area contributed by atoms with Gasteiger partial charge >= 0.3 is 0 Å². The van der Waals surface area contributed by atoms with E-state index >= 15 is 0 Å². The summed E-state index contributed by atoms with van der Waals surface area (Å²) < 4.78 is 10.5. The predicted molar refractivity (Wildman–Crippen MR) is 80.1 cm³/mol. The lowest BCUT2D eigenvalue weighted by Gasteiger charge is -2.05. The van der Waals surface area contributed by atoms with Crippen LogP contribution in [0.4, 0.5) is 0 Å². The molecule has 1 aliphatic heterocycles. The Bertz CT molecular complexity index is 654. The Morgan fingerprint density at radius 1 is 1.38 bits per heavy atom. The standard InChI is InChI=1S/C15H16N2O3S/c1-10-14(21-8-17-10)3-2-6-16-15(18)11-4-5-12-13(7-11)20-9-19-12/h4-5,7-8H,2-3,6,9H2,1H3,(H,16,18). The van der Waals surface area contributed by atoms with Crippen molar-refractivity contribution in [3.05, 3.63) is 39.8 Å². The number of nitrogens with zero attached hydrogens (tertiary/aromatic N) is 1. The first-order chi connectivity index (χ1) is 10.2. The number of carbonyl (C=O) groups is 1. The van der Waals surface area contributed by atoms with E-state index in [2.05, 4.69) is 10.3 Å². The highest BCUT2D eigenvalue weighted by Crippen LogP contribution is 2.32. The van der Waals surface area contributed by atoms with E-state index in [0.29, 0.717) is 23.6 Å². The number of thiazole rings is 1. The minimum absolute atomic E-state index is 0.0886. The summed E-state index contributed by atoms with van der Waals surface area (Å²) in [5, 5.41) is 2.92. The highest BCUT2D eigenvalue weighted by atomic mass is 32.1. The average Bonchev–Trinajstić information content (AvgIpc) is 3.11. The third-order valence-electron chi connectivity index (χ3n) is 3.35. The summed E-state index contributed by atoms with van der Waals surface area (Å²) in [5.41, 5.74) is 3.53. The molecule has 0 bridgehead atoms. The summed E-state index contributed by atoms with van der Waals surface area (Å²) >= 11 is 1.66. The second-order valence-electron chi connectivity index (χ2n) is 4.79. The summed E-state index contributed by atoms with van der Waals surface area (Å²) in [5.74, 6) is 1.23. The van der Waals surface area contributed by atoms with Gasteiger partial charge in [0.15, 0.2) is 11.5 Å². The SMILES string of the molecule is Cc1ncsc1CCCNC(=O)c1ccc2c(c1)OCO2. The first-order valence-electron chi connectivity index (χ1n) is 6.81. The molecule has 0 saturated carbocycles. The van der Waals surface area contributed by atoms with E-state index in [1.54, 1.807) is 29.5 Å². The maximum atomic E-state index is 12.1. The second kappa shape index (κ2) is 6.13. The molecule has 0 aliphatic carbocycles. The van der Waals surface area contributed by atoms with Crippen LogP contribution in [0.25, 0.3) is 0 Å². The molecule has 1 N–H and O–H groups in total. The van der Waals surface area contributed by atoms with Gasteiger partial charge in [-0.05, 0) is 38.0 Å². The molecule has 0 saturated heterocycles. The third-order valence-corrected chi connectivity index (χ3v) is 4.34. The van der Waals surface area contributed by atoms with Gasteiger partial charge in [-0.1, -0.05) is 0 Å². The van der Waals surface area contributed by atoms with Crippen molar-refractivity contribution in [2.45, 2.75) is 19.8 Å². The summed E-state index contributed by atoms with van der Waals surface area (Å²) in [6, 6.07) is 5.22. The van der Waals surface area contributed by atoms with Crippen molar-refractivity contribution < 1.29 is 14.3 Å². The van der Waals surface area contributed by atoms with E-state index in [0.717, 1.165) is 18.5 Å². The van der Waals surface area contributed by atoms with Crippen LogP contribution in [0.15, 0.2) is 23.7 Å². The van der Waals surface area contributed by atoms with Crippen LogP contribution in [-0.4, -0.2) is 24.2 Å². The molecule has 2 aromatic rings. The first kappa shape index (κ1) is 13.9. The zero-order valence-corrected chi connectivity index (χ0v) is 12.5. The van der Waals surface area contributed by atoms with Crippen molar-refractivity contribution >= 4 is 17.2 Å². The van der Waals surface area contributed by atoms with Crippen LogP contribution < -0.4 is 14.8 Å². The first-order valence-corrected chi connectivity index (χ1v) is 7.69. The van der Waals surface area contributed by atoms with Crippen molar-refractivity contribution in [2.24, 2.45) is 0 Å². The van der Waals surface area contributed by atoms with E-state index in [9.17, 15) is 4.79 Å². The Morgan fingerprint density at radius 3 is 3.05 bits per heavy atom. The summed E-state index contributed by atoms with van der Waals surface area (Å²) in [4.78, 5) is 17.6. The van der Waals surface area contributed by atoms with Gasteiger partial charge in [-0.25, -0.2) is 4.98 Å². The predicted octanol–water partition coefficient (Wildman–Crippen LogP) is 2.54. The van der Waals surface area contributed by atoms with Gasteiger partial charge in [0, 0.05) is 17.0 Å². The highest BCUT2D eigenvalue weighted by molar-refractivity contribution is 7.09. The van der Waals surface area contributed by atoms with Gasteiger partial charge in [0.1, 0.15) is 0 Å². The molecule has 1 aromatic carbocycles. The lowest BCUT2D eigenvalue weighted by molar-refractivity contribution is 0.0953. The highest BCUT2D eigenvalue weighted by Gasteiger charge is 2.15. The van der Waals surface area contributed by atoms with Crippen molar-refractivity contribution in [2.75, 3.05) is 13.3 Å². The number of rotatable bonds is 5. The number of ether oxygens (including phenoxy) is 2. The zero-order chi connectivity index (χ0) is 14.7. The molecule has 1 aliphatic rings. The largest absolute Gasteiger partial charge is 0.454 e. The minimum Gasteiger partial charge on any atom is -0.454 e. The van der Waals surface area contributed by atoms with Gasteiger partial charge in [0.2, 0.25) is 6.79 Å². The van der Waals surface area contributed by atoms with Crippen molar-refractivity contribution in [3.8, 4) is 11.5 Å². The lowest BCUT2D eigenvalue weighted by atomic mass is 10.2. The number of hydrogen-bond acceptors (Lipinski definition) is 5. The Hall–Kier alpha value is -2.08. The Balaban J connectivity index is 1.49. The molecule has 0 atom stereocenters. The van der Waals surface area contributed by atoms with Crippen LogP contribution in [0.5, 0.6) is 11.5 Å². The molecule has 1 aromatic heterocycles. The number of carbonyl (C=O) groups excluding carboxylic acids is 1.